The van der Waals surface area contributed by atoms with E-state index in [4.69, 9.17) is 9.15 Å². The van der Waals surface area contributed by atoms with Gasteiger partial charge in [0.1, 0.15) is 11.3 Å². The number of hydrogen-bond acceptors (Lipinski definition) is 3. The molecule has 1 saturated heterocycles. The van der Waals surface area contributed by atoms with E-state index in [2.05, 4.69) is 38.2 Å². The Morgan fingerprint density at radius 2 is 2.05 bits per heavy atom. The smallest absolute Gasteiger partial charge is 0.134 e. The van der Waals surface area contributed by atoms with Crippen LogP contribution in [0, 0.1) is 12.3 Å². The molecule has 0 spiro atoms. The van der Waals surface area contributed by atoms with Gasteiger partial charge >= 0.3 is 0 Å². The normalized spacial score (nSPS) is 19.3. The molecule has 19 heavy (non-hydrogen) atoms. The Kier molecular flexibility index (Phi) is 3.11. The molecule has 102 valence electrons. The molecule has 0 aliphatic carbocycles. The van der Waals surface area contributed by atoms with Crippen molar-refractivity contribution in [2.75, 3.05) is 19.8 Å². The van der Waals surface area contributed by atoms with Crippen LogP contribution in [-0.4, -0.2) is 19.8 Å². The van der Waals surface area contributed by atoms with Crippen molar-refractivity contribution in [3.05, 3.63) is 35.6 Å². The molecule has 1 fully saturated rings. The summed E-state index contributed by atoms with van der Waals surface area (Å²) in [5, 5.41) is 4.78. The molecule has 1 aromatic heterocycles. The number of rotatable bonds is 4. The Hall–Kier alpha value is -1.32. The van der Waals surface area contributed by atoms with Crippen molar-refractivity contribution >= 4 is 11.0 Å². The van der Waals surface area contributed by atoms with Crippen molar-refractivity contribution in [2.24, 2.45) is 5.41 Å². The number of nitrogens with one attached hydrogen (secondary N) is 1. The maximum Gasteiger partial charge on any atom is 0.134 e. The van der Waals surface area contributed by atoms with Crippen LogP contribution in [0.4, 0.5) is 0 Å². The molecule has 1 N–H and O–H groups in total. The SMILES string of the molecule is Cc1c(C(C)NCC2(C)COC2)oc2ccccc12. The summed E-state index contributed by atoms with van der Waals surface area (Å²) in [4.78, 5) is 0. The molecule has 3 heteroatoms. The lowest BCUT2D eigenvalue weighted by Gasteiger charge is -2.38. The summed E-state index contributed by atoms with van der Waals surface area (Å²) >= 11 is 0. The summed E-state index contributed by atoms with van der Waals surface area (Å²) < 4.78 is 11.3. The topological polar surface area (TPSA) is 34.4 Å². The van der Waals surface area contributed by atoms with Crippen LogP contribution >= 0.6 is 0 Å². The van der Waals surface area contributed by atoms with Crippen LogP contribution < -0.4 is 5.32 Å². The van der Waals surface area contributed by atoms with Gasteiger partial charge in [-0.05, 0) is 25.5 Å². The van der Waals surface area contributed by atoms with E-state index in [-0.39, 0.29) is 11.5 Å². The Balaban J connectivity index is 1.77. The lowest BCUT2D eigenvalue weighted by atomic mass is 9.88. The largest absolute Gasteiger partial charge is 0.459 e. The number of benzene rings is 1. The molecule has 3 rings (SSSR count). The zero-order chi connectivity index (χ0) is 13.5. The van der Waals surface area contributed by atoms with Crippen molar-refractivity contribution < 1.29 is 9.15 Å². The average molecular weight is 259 g/mol. The van der Waals surface area contributed by atoms with Gasteiger partial charge in [-0.2, -0.15) is 0 Å². The first kappa shape index (κ1) is 12.7. The van der Waals surface area contributed by atoms with Gasteiger partial charge in [-0.15, -0.1) is 0 Å². The van der Waals surface area contributed by atoms with E-state index >= 15 is 0 Å². The van der Waals surface area contributed by atoms with Crippen molar-refractivity contribution in [2.45, 2.75) is 26.8 Å². The zero-order valence-electron chi connectivity index (χ0n) is 11.8. The molecular formula is C16H21NO2. The second-order valence-electron chi connectivity index (χ2n) is 5.99. The van der Waals surface area contributed by atoms with E-state index in [1.165, 1.54) is 10.9 Å². The molecule has 1 unspecified atom stereocenters. The van der Waals surface area contributed by atoms with Gasteiger partial charge in [0.2, 0.25) is 0 Å². The van der Waals surface area contributed by atoms with Gasteiger partial charge in [0, 0.05) is 17.3 Å². The van der Waals surface area contributed by atoms with Crippen molar-refractivity contribution in [1.29, 1.82) is 0 Å². The number of hydrogen-bond donors (Lipinski definition) is 1. The highest BCUT2D eigenvalue weighted by atomic mass is 16.5. The maximum atomic E-state index is 5.98. The number of ether oxygens (including phenoxy) is 1. The molecule has 1 aliphatic rings. The van der Waals surface area contributed by atoms with E-state index in [0.717, 1.165) is 31.1 Å². The Morgan fingerprint density at radius 1 is 1.32 bits per heavy atom. The molecule has 1 atom stereocenters. The van der Waals surface area contributed by atoms with Gasteiger partial charge < -0.3 is 14.5 Å². The molecule has 0 saturated carbocycles. The first-order chi connectivity index (χ1) is 9.09. The minimum atomic E-state index is 0.227. The van der Waals surface area contributed by atoms with E-state index in [0.29, 0.717) is 0 Å². The lowest BCUT2D eigenvalue weighted by molar-refractivity contribution is -0.100. The number of aryl methyl sites for hydroxylation is 1. The standard InChI is InChI=1S/C16H21NO2/c1-11-13-6-4-5-7-14(13)19-15(11)12(2)17-8-16(3)9-18-10-16/h4-7,12,17H,8-10H2,1-3H3. The molecule has 0 radical (unpaired) electrons. The summed E-state index contributed by atoms with van der Waals surface area (Å²) in [5.74, 6) is 1.05. The summed E-state index contributed by atoms with van der Waals surface area (Å²) in [7, 11) is 0. The van der Waals surface area contributed by atoms with Crippen molar-refractivity contribution in [3.63, 3.8) is 0 Å². The fraction of sp³-hybridized carbons (Fsp3) is 0.500. The number of furan rings is 1. The van der Waals surface area contributed by atoms with Gasteiger partial charge in [-0.25, -0.2) is 0 Å². The van der Waals surface area contributed by atoms with Crippen molar-refractivity contribution in [3.8, 4) is 0 Å². The van der Waals surface area contributed by atoms with Gasteiger partial charge in [-0.1, -0.05) is 25.1 Å². The monoisotopic (exact) mass is 259 g/mol. The summed E-state index contributed by atoms with van der Waals surface area (Å²) in [6.45, 7) is 9.21. The van der Waals surface area contributed by atoms with Gasteiger partial charge in [0.15, 0.2) is 0 Å². The molecule has 3 nitrogen and oxygen atoms in total. The predicted octanol–water partition coefficient (Wildman–Crippen LogP) is 3.43. The molecule has 0 bridgehead atoms. The highest BCUT2D eigenvalue weighted by Gasteiger charge is 2.33. The van der Waals surface area contributed by atoms with Crippen LogP contribution in [0.1, 0.15) is 31.2 Å². The lowest BCUT2D eigenvalue weighted by Crippen LogP contribution is -2.47. The third-order valence-electron chi connectivity index (χ3n) is 4.01. The first-order valence-corrected chi connectivity index (χ1v) is 6.88. The summed E-state index contributed by atoms with van der Waals surface area (Å²) in [6.07, 6.45) is 0. The second-order valence-corrected chi connectivity index (χ2v) is 5.99. The van der Waals surface area contributed by atoms with E-state index in [1.807, 2.05) is 12.1 Å². The number of fused-ring (bicyclic) bond motifs is 1. The van der Waals surface area contributed by atoms with Crippen LogP contribution in [-0.2, 0) is 4.74 Å². The Bertz CT molecular complexity index is 583. The summed E-state index contributed by atoms with van der Waals surface area (Å²) in [6, 6.07) is 8.44. The van der Waals surface area contributed by atoms with Gasteiger partial charge in [-0.3, -0.25) is 0 Å². The number of para-hydroxylation sites is 1. The van der Waals surface area contributed by atoms with Crippen LogP contribution in [0.2, 0.25) is 0 Å². The molecule has 1 aliphatic heterocycles. The minimum absolute atomic E-state index is 0.227. The quantitative estimate of drug-likeness (QED) is 0.913. The van der Waals surface area contributed by atoms with Gasteiger partial charge in [0.25, 0.3) is 0 Å². The van der Waals surface area contributed by atoms with Gasteiger partial charge in [0.05, 0.1) is 19.3 Å². The Morgan fingerprint density at radius 3 is 2.68 bits per heavy atom. The predicted molar refractivity (Wildman–Crippen MR) is 76.3 cm³/mol. The van der Waals surface area contributed by atoms with Crippen LogP contribution in [0.5, 0.6) is 0 Å². The minimum Gasteiger partial charge on any atom is -0.459 e. The zero-order valence-corrected chi connectivity index (χ0v) is 11.8. The highest BCUT2D eigenvalue weighted by molar-refractivity contribution is 5.82. The highest BCUT2D eigenvalue weighted by Crippen LogP contribution is 2.31. The fourth-order valence-corrected chi connectivity index (χ4v) is 2.65. The van der Waals surface area contributed by atoms with Crippen LogP contribution in [0.25, 0.3) is 11.0 Å². The van der Waals surface area contributed by atoms with Crippen LogP contribution in [0.3, 0.4) is 0 Å². The fourth-order valence-electron chi connectivity index (χ4n) is 2.65. The molecule has 1 aromatic carbocycles. The third-order valence-corrected chi connectivity index (χ3v) is 4.01. The molecule has 2 heterocycles. The van der Waals surface area contributed by atoms with E-state index in [9.17, 15) is 0 Å². The average Bonchev–Trinajstić information content (AvgIpc) is 2.72. The summed E-state index contributed by atoms with van der Waals surface area (Å²) in [5.41, 5.74) is 2.50. The van der Waals surface area contributed by atoms with Crippen LogP contribution in [0.15, 0.2) is 28.7 Å². The third kappa shape index (κ3) is 2.28. The molecule has 2 aromatic rings. The van der Waals surface area contributed by atoms with E-state index in [1.54, 1.807) is 0 Å². The second kappa shape index (κ2) is 4.66. The Labute approximate surface area is 113 Å². The first-order valence-electron chi connectivity index (χ1n) is 6.88. The maximum absolute atomic E-state index is 5.98. The van der Waals surface area contributed by atoms with E-state index < -0.39 is 0 Å². The van der Waals surface area contributed by atoms with Crippen molar-refractivity contribution in [1.82, 2.24) is 5.32 Å². The molecule has 0 amide bonds. The molecular weight excluding hydrogens is 238 g/mol.